The number of unbranched alkanes of at least 4 members (excludes halogenated alkanes) is 27. The van der Waals surface area contributed by atoms with Gasteiger partial charge in [-0.1, -0.05) is 193 Å². The van der Waals surface area contributed by atoms with E-state index in [1.54, 1.807) is 0 Å². The van der Waals surface area contributed by atoms with Gasteiger partial charge in [0.05, 0.1) is 40.0 Å². The van der Waals surface area contributed by atoms with Crippen molar-refractivity contribution in [3.63, 3.8) is 0 Å². The number of rotatable bonds is 46. The lowest BCUT2D eigenvalue weighted by Gasteiger charge is -2.24. The maximum Gasteiger partial charge on any atom is 0.472 e. The fourth-order valence-corrected chi connectivity index (χ4v) is 8.35. The molecule has 61 heavy (non-hydrogen) atoms. The maximum atomic E-state index is 12.8. The minimum Gasteiger partial charge on any atom is -0.462 e. The summed E-state index contributed by atoms with van der Waals surface area (Å²) in [6.07, 6.45) is 44.2. The number of esters is 2. The molecule has 0 spiro atoms. The number of ether oxygens (including phenoxy) is 3. The first-order valence-corrected chi connectivity index (χ1v) is 27.0. The first kappa shape index (κ1) is 57.7. The van der Waals surface area contributed by atoms with Crippen molar-refractivity contribution < 1.29 is 46.8 Å². The first-order chi connectivity index (χ1) is 29.5. The molecule has 1 fully saturated rings. The molecule has 0 aliphatic carbocycles. The lowest BCUT2D eigenvalue weighted by molar-refractivity contribution is -0.870. The van der Waals surface area contributed by atoms with Crippen LogP contribution in [-0.4, -0.2) is 87.1 Å². The Kier molecular flexibility index (Phi) is 37.0. The fourth-order valence-electron chi connectivity index (χ4n) is 7.61. The largest absolute Gasteiger partial charge is 0.472 e. The Bertz CT molecular complexity index is 1110. The molecular weight excluding hydrogens is 790 g/mol. The molecule has 1 rings (SSSR count). The third-order valence-corrected chi connectivity index (χ3v) is 12.7. The molecule has 1 aliphatic rings. The smallest absolute Gasteiger partial charge is 0.462 e. The molecule has 1 saturated heterocycles. The standard InChI is InChI=1S/C50H96NO9P/c1-6-8-10-12-14-15-16-17-18-19-20-21-22-23-24-25-26-27-28-32-37-41-50(53)59-46(45-58-61(54,55)57-43-42-51(3,4)5)44-56-49(52)40-36-33-29-31-35-39-48-47(60-48)38-34-30-13-11-9-7-2/h30,34,46-48H,6-29,31-33,35-45H2,1-5H3/p+1/b34-30-/t46-,47?,48?/m1/s1. The quantitative estimate of drug-likeness (QED) is 0.0159. The van der Waals surface area contributed by atoms with Gasteiger partial charge < -0.3 is 23.6 Å². The summed E-state index contributed by atoms with van der Waals surface area (Å²) >= 11 is 0. The van der Waals surface area contributed by atoms with Crippen LogP contribution in [-0.2, 0) is 37.4 Å². The Morgan fingerprint density at radius 2 is 1.05 bits per heavy atom. The monoisotopic (exact) mass is 887 g/mol. The van der Waals surface area contributed by atoms with E-state index in [1.165, 1.54) is 141 Å². The Labute approximate surface area is 375 Å². The molecule has 11 heteroatoms. The zero-order chi connectivity index (χ0) is 44.7. The van der Waals surface area contributed by atoms with Crippen molar-refractivity contribution in [2.75, 3.05) is 47.5 Å². The van der Waals surface area contributed by atoms with Gasteiger partial charge in [-0.2, -0.15) is 0 Å². The third kappa shape index (κ3) is 40.0. The predicted molar refractivity (Wildman–Crippen MR) is 252 cm³/mol. The van der Waals surface area contributed by atoms with Crippen LogP contribution in [0.4, 0.5) is 0 Å². The van der Waals surface area contributed by atoms with Crippen molar-refractivity contribution in [3.05, 3.63) is 12.2 Å². The number of phosphoric ester groups is 1. The number of likely N-dealkylation sites (N-methyl/N-ethyl adjacent to an activating group) is 1. The van der Waals surface area contributed by atoms with E-state index < -0.39 is 26.5 Å². The SMILES string of the molecule is CCCCC/C=C\CC1OC1CCCCCCCC(=O)OC[C@H](COP(=O)(O)OCC[N+](C)(C)C)OC(=O)CCCCCCCCCCCCCCCCCCCCCCC. The molecule has 1 N–H and O–H groups in total. The zero-order valence-corrected chi connectivity index (χ0v) is 41.3. The molecule has 1 aliphatic heterocycles. The van der Waals surface area contributed by atoms with Crippen LogP contribution in [0.1, 0.15) is 232 Å². The van der Waals surface area contributed by atoms with Crippen molar-refractivity contribution in [3.8, 4) is 0 Å². The van der Waals surface area contributed by atoms with Crippen molar-refractivity contribution in [1.29, 1.82) is 0 Å². The van der Waals surface area contributed by atoms with E-state index in [0.717, 1.165) is 57.8 Å². The molecule has 10 nitrogen and oxygen atoms in total. The number of nitrogens with zero attached hydrogens (tertiary/aromatic N) is 1. The van der Waals surface area contributed by atoms with E-state index in [4.69, 9.17) is 23.3 Å². The molecule has 0 aromatic heterocycles. The van der Waals surface area contributed by atoms with Crippen LogP contribution in [0.2, 0.25) is 0 Å². The number of carbonyl (C=O) groups excluding carboxylic acids is 2. The van der Waals surface area contributed by atoms with Gasteiger partial charge in [-0.3, -0.25) is 18.6 Å². The van der Waals surface area contributed by atoms with E-state index in [0.29, 0.717) is 29.7 Å². The number of carbonyl (C=O) groups is 2. The number of epoxide rings is 1. The normalized spacial score (nSPS) is 16.8. The second-order valence-electron chi connectivity index (χ2n) is 18.9. The highest BCUT2D eigenvalue weighted by molar-refractivity contribution is 7.47. The lowest BCUT2D eigenvalue weighted by Crippen LogP contribution is -2.37. The minimum atomic E-state index is -4.38. The Morgan fingerprint density at radius 1 is 0.590 bits per heavy atom. The summed E-state index contributed by atoms with van der Waals surface area (Å²) in [5, 5.41) is 0. The van der Waals surface area contributed by atoms with E-state index >= 15 is 0 Å². The summed E-state index contributed by atoms with van der Waals surface area (Å²) in [4.78, 5) is 35.6. The summed E-state index contributed by atoms with van der Waals surface area (Å²) < 4.78 is 40.3. The predicted octanol–water partition coefficient (Wildman–Crippen LogP) is 13.9. The van der Waals surface area contributed by atoms with Gasteiger partial charge >= 0.3 is 19.8 Å². The van der Waals surface area contributed by atoms with Crippen LogP contribution in [0.15, 0.2) is 12.2 Å². The molecule has 4 atom stereocenters. The third-order valence-electron chi connectivity index (χ3n) is 11.7. The average molecular weight is 887 g/mol. The van der Waals surface area contributed by atoms with E-state index in [-0.39, 0.29) is 32.0 Å². The number of phosphoric acid groups is 1. The fraction of sp³-hybridized carbons (Fsp3) is 0.920. The molecule has 360 valence electrons. The van der Waals surface area contributed by atoms with Crippen molar-refractivity contribution in [2.45, 2.75) is 250 Å². The second kappa shape index (κ2) is 39.1. The summed E-state index contributed by atoms with van der Waals surface area (Å²) in [6.45, 7) is 4.41. The van der Waals surface area contributed by atoms with Gasteiger partial charge in [0, 0.05) is 12.8 Å². The number of hydrogen-bond donors (Lipinski definition) is 1. The number of quaternary nitrogens is 1. The lowest BCUT2D eigenvalue weighted by atomic mass is 10.0. The van der Waals surface area contributed by atoms with E-state index in [1.807, 2.05) is 21.1 Å². The van der Waals surface area contributed by atoms with Gasteiger partial charge in [0.25, 0.3) is 0 Å². The molecular formula is C50H97NO9P+. The van der Waals surface area contributed by atoms with Crippen molar-refractivity contribution in [1.82, 2.24) is 0 Å². The van der Waals surface area contributed by atoms with E-state index in [9.17, 15) is 19.0 Å². The van der Waals surface area contributed by atoms with Crippen LogP contribution in [0.5, 0.6) is 0 Å². The Hall–Kier alpha value is -1.29. The molecule has 0 aromatic carbocycles. The van der Waals surface area contributed by atoms with Gasteiger partial charge in [0.1, 0.15) is 19.8 Å². The zero-order valence-electron chi connectivity index (χ0n) is 40.4. The molecule has 0 aromatic rings. The van der Waals surface area contributed by atoms with Crippen LogP contribution >= 0.6 is 7.82 Å². The highest BCUT2D eigenvalue weighted by atomic mass is 31.2. The Balaban J connectivity index is 2.20. The minimum absolute atomic E-state index is 0.0297. The molecule has 0 radical (unpaired) electrons. The highest BCUT2D eigenvalue weighted by Crippen LogP contribution is 2.43. The van der Waals surface area contributed by atoms with Crippen LogP contribution < -0.4 is 0 Å². The summed E-state index contributed by atoms with van der Waals surface area (Å²) in [7, 11) is 1.47. The van der Waals surface area contributed by atoms with Gasteiger partial charge in [-0.25, -0.2) is 4.57 Å². The van der Waals surface area contributed by atoms with E-state index in [2.05, 4.69) is 26.0 Å². The first-order valence-electron chi connectivity index (χ1n) is 25.5. The summed E-state index contributed by atoms with van der Waals surface area (Å²) in [5.74, 6) is -0.809. The summed E-state index contributed by atoms with van der Waals surface area (Å²) in [6, 6.07) is 0. The summed E-state index contributed by atoms with van der Waals surface area (Å²) in [5.41, 5.74) is 0. The molecule has 3 unspecified atom stereocenters. The number of allylic oxidation sites excluding steroid dienone is 1. The van der Waals surface area contributed by atoms with Gasteiger partial charge in [-0.15, -0.1) is 0 Å². The number of hydrogen-bond acceptors (Lipinski definition) is 8. The molecule has 0 bridgehead atoms. The van der Waals surface area contributed by atoms with Gasteiger partial charge in [0.15, 0.2) is 6.10 Å². The molecule has 1 heterocycles. The topological polar surface area (TPSA) is 121 Å². The molecule has 0 saturated carbocycles. The highest BCUT2D eigenvalue weighted by Gasteiger charge is 2.36. The van der Waals surface area contributed by atoms with Crippen molar-refractivity contribution in [2.24, 2.45) is 0 Å². The van der Waals surface area contributed by atoms with Gasteiger partial charge in [-0.05, 0) is 38.5 Å². The Morgan fingerprint density at radius 3 is 1.56 bits per heavy atom. The molecule has 0 amide bonds. The van der Waals surface area contributed by atoms with Gasteiger partial charge in [0.2, 0.25) is 0 Å². The van der Waals surface area contributed by atoms with Crippen molar-refractivity contribution >= 4 is 19.8 Å². The van der Waals surface area contributed by atoms with Crippen LogP contribution in [0.25, 0.3) is 0 Å². The average Bonchev–Trinajstić information content (AvgIpc) is 3.97. The second-order valence-corrected chi connectivity index (χ2v) is 20.4. The van der Waals surface area contributed by atoms with Crippen LogP contribution in [0.3, 0.4) is 0 Å². The maximum absolute atomic E-state index is 12.8. The van der Waals surface area contributed by atoms with Crippen LogP contribution in [0, 0.1) is 0 Å².